The van der Waals surface area contributed by atoms with Gasteiger partial charge in [0.05, 0.1) is 5.69 Å². The Kier molecular flexibility index (Phi) is 6.50. The highest BCUT2D eigenvalue weighted by molar-refractivity contribution is 5.02. The van der Waals surface area contributed by atoms with Crippen molar-refractivity contribution < 1.29 is 0 Å². The first-order valence-corrected chi connectivity index (χ1v) is 5.65. The number of allylic oxidation sites excluding steroid dienone is 1. The number of rotatable bonds is 8. The molecule has 0 saturated carbocycles. The fraction of sp³-hybridized carbons (Fsp3) is 0.462. The van der Waals surface area contributed by atoms with Crippen LogP contribution in [-0.4, -0.2) is 11.5 Å². The molecule has 0 unspecified atom stereocenters. The second-order valence-electron chi connectivity index (χ2n) is 3.64. The second-order valence-corrected chi connectivity index (χ2v) is 3.64. The van der Waals surface area contributed by atoms with Crippen LogP contribution in [0, 0.1) is 0 Å². The van der Waals surface area contributed by atoms with Crippen molar-refractivity contribution in [2.24, 2.45) is 0 Å². The van der Waals surface area contributed by atoms with Gasteiger partial charge >= 0.3 is 0 Å². The van der Waals surface area contributed by atoms with Gasteiger partial charge in [-0.25, -0.2) is 0 Å². The number of pyridine rings is 1. The Morgan fingerprint density at radius 2 is 2.20 bits per heavy atom. The first-order chi connectivity index (χ1) is 7.43. The van der Waals surface area contributed by atoms with E-state index in [0.29, 0.717) is 0 Å². The molecular formula is C13H20N2. The quantitative estimate of drug-likeness (QED) is 0.520. The van der Waals surface area contributed by atoms with E-state index in [1.165, 1.54) is 19.3 Å². The molecule has 1 heterocycles. The Labute approximate surface area is 92.4 Å². The van der Waals surface area contributed by atoms with Crippen molar-refractivity contribution in [1.82, 2.24) is 10.3 Å². The van der Waals surface area contributed by atoms with E-state index < -0.39 is 0 Å². The summed E-state index contributed by atoms with van der Waals surface area (Å²) >= 11 is 0. The monoisotopic (exact) mass is 204 g/mol. The number of unbranched alkanes of at least 4 members (excludes halogenated alkanes) is 3. The number of aromatic nitrogens is 1. The van der Waals surface area contributed by atoms with Crippen molar-refractivity contribution in [1.29, 1.82) is 0 Å². The van der Waals surface area contributed by atoms with Crippen LogP contribution in [0.5, 0.6) is 0 Å². The number of hydrogen-bond donors (Lipinski definition) is 1. The lowest BCUT2D eigenvalue weighted by Crippen LogP contribution is -2.15. The smallest absolute Gasteiger partial charge is 0.0541 e. The minimum absolute atomic E-state index is 0.877. The Balaban J connectivity index is 1.95. The summed E-state index contributed by atoms with van der Waals surface area (Å²) in [7, 11) is 0. The van der Waals surface area contributed by atoms with Crippen molar-refractivity contribution in [3.63, 3.8) is 0 Å². The minimum atomic E-state index is 0.877. The normalized spacial score (nSPS) is 10.1. The predicted molar refractivity (Wildman–Crippen MR) is 64.6 cm³/mol. The Hall–Kier alpha value is -1.15. The maximum absolute atomic E-state index is 4.25. The summed E-state index contributed by atoms with van der Waals surface area (Å²) in [6, 6.07) is 6.01. The highest BCUT2D eigenvalue weighted by atomic mass is 14.9. The van der Waals surface area contributed by atoms with Gasteiger partial charge in [0.1, 0.15) is 0 Å². The summed E-state index contributed by atoms with van der Waals surface area (Å²) in [5, 5.41) is 3.39. The maximum Gasteiger partial charge on any atom is 0.0541 e. The third-order valence-electron chi connectivity index (χ3n) is 2.29. The van der Waals surface area contributed by atoms with Crippen LogP contribution in [0.25, 0.3) is 0 Å². The van der Waals surface area contributed by atoms with Crippen LogP contribution >= 0.6 is 0 Å². The lowest BCUT2D eigenvalue weighted by molar-refractivity contribution is 0.601. The molecule has 0 bridgehead atoms. The average Bonchev–Trinajstić information content (AvgIpc) is 2.29. The fourth-order valence-corrected chi connectivity index (χ4v) is 1.43. The van der Waals surface area contributed by atoms with Crippen LogP contribution < -0.4 is 5.32 Å². The largest absolute Gasteiger partial charge is 0.311 e. The zero-order chi connectivity index (χ0) is 10.8. The molecule has 0 saturated heterocycles. The van der Waals surface area contributed by atoms with E-state index >= 15 is 0 Å². The van der Waals surface area contributed by atoms with Crippen molar-refractivity contribution in [3.8, 4) is 0 Å². The van der Waals surface area contributed by atoms with E-state index in [0.717, 1.165) is 25.2 Å². The summed E-state index contributed by atoms with van der Waals surface area (Å²) in [5.41, 5.74) is 1.11. The molecule has 1 aromatic heterocycles. The van der Waals surface area contributed by atoms with Crippen LogP contribution in [-0.2, 0) is 6.54 Å². The molecule has 0 aliphatic heterocycles. The van der Waals surface area contributed by atoms with Gasteiger partial charge in [-0.05, 0) is 37.9 Å². The molecule has 0 amide bonds. The molecule has 2 nitrogen and oxygen atoms in total. The molecule has 0 atom stereocenters. The number of hydrogen-bond acceptors (Lipinski definition) is 2. The van der Waals surface area contributed by atoms with E-state index in [2.05, 4.69) is 16.9 Å². The topological polar surface area (TPSA) is 24.9 Å². The first kappa shape index (κ1) is 11.9. The molecule has 0 aliphatic carbocycles. The van der Waals surface area contributed by atoms with Gasteiger partial charge in [-0.3, -0.25) is 4.98 Å². The van der Waals surface area contributed by atoms with E-state index in [-0.39, 0.29) is 0 Å². The molecule has 0 fully saturated rings. The third-order valence-corrected chi connectivity index (χ3v) is 2.29. The van der Waals surface area contributed by atoms with Gasteiger partial charge in [-0.15, -0.1) is 6.58 Å². The number of nitrogens with zero attached hydrogens (tertiary/aromatic N) is 1. The van der Waals surface area contributed by atoms with Crippen LogP contribution in [0.3, 0.4) is 0 Å². The van der Waals surface area contributed by atoms with Gasteiger partial charge in [0.25, 0.3) is 0 Å². The maximum atomic E-state index is 4.25. The molecule has 1 aromatic rings. The zero-order valence-corrected chi connectivity index (χ0v) is 9.28. The molecule has 0 spiro atoms. The standard InChI is InChI=1S/C13H20N2/c1-2-3-4-5-7-10-14-12-13-9-6-8-11-15-13/h2,6,8-9,11,14H,1,3-5,7,10,12H2. The van der Waals surface area contributed by atoms with Crippen molar-refractivity contribution in [2.75, 3.05) is 6.54 Å². The molecule has 1 rings (SSSR count). The van der Waals surface area contributed by atoms with Gasteiger partial charge in [-0.1, -0.05) is 18.6 Å². The molecule has 82 valence electrons. The van der Waals surface area contributed by atoms with Crippen molar-refractivity contribution in [3.05, 3.63) is 42.7 Å². The summed E-state index contributed by atoms with van der Waals surface area (Å²) in [4.78, 5) is 4.25. The van der Waals surface area contributed by atoms with Crippen LogP contribution in [0.4, 0.5) is 0 Å². The van der Waals surface area contributed by atoms with Gasteiger partial charge in [-0.2, -0.15) is 0 Å². The minimum Gasteiger partial charge on any atom is -0.311 e. The summed E-state index contributed by atoms with van der Waals surface area (Å²) in [5.74, 6) is 0. The molecule has 15 heavy (non-hydrogen) atoms. The molecule has 0 aromatic carbocycles. The SMILES string of the molecule is C=CCCCCCNCc1ccccn1. The third kappa shape index (κ3) is 6.02. The van der Waals surface area contributed by atoms with Crippen LogP contribution in [0.15, 0.2) is 37.1 Å². The van der Waals surface area contributed by atoms with Crippen LogP contribution in [0.1, 0.15) is 31.4 Å². The highest BCUT2D eigenvalue weighted by Crippen LogP contribution is 1.99. The molecule has 2 heteroatoms. The molecule has 1 N–H and O–H groups in total. The van der Waals surface area contributed by atoms with Crippen molar-refractivity contribution >= 4 is 0 Å². The highest BCUT2D eigenvalue weighted by Gasteiger charge is 1.92. The van der Waals surface area contributed by atoms with Gasteiger partial charge < -0.3 is 5.32 Å². The van der Waals surface area contributed by atoms with E-state index in [1.807, 2.05) is 30.5 Å². The predicted octanol–water partition coefficient (Wildman–Crippen LogP) is 2.92. The Morgan fingerprint density at radius 1 is 1.27 bits per heavy atom. The average molecular weight is 204 g/mol. The van der Waals surface area contributed by atoms with Gasteiger partial charge in [0.2, 0.25) is 0 Å². The van der Waals surface area contributed by atoms with Crippen molar-refractivity contribution in [2.45, 2.75) is 32.2 Å². The summed E-state index contributed by atoms with van der Waals surface area (Å²) in [6.45, 7) is 5.66. The van der Waals surface area contributed by atoms with E-state index in [9.17, 15) is 0 Å². The summed E-state index contributed by atoms with van der Waals surface area (Å²) in [6.07, 6.45) is 8.74. The van der Waals surface area contributed by atoms with Crippen LogP contribution in [0.2, 0.25) is 0 Å². The zero-order valence-electron chi connectivity index (χ0n) is 9.28. The Morgan fingerprint density at radius 3 is 2.93 bits per heavy atom. The summed E-state index contributed by atoms with van der Waals surface area (Å²) < 4.78 is 0. The van der Waals surface area contributed by atoms with Gasteiger partial charge in [0, 0.05) is 12.7 Å². The fourth-order valence-electron chi connectivity index (χ4n) is 1.43. The molecule has 0 radical (unpaired) electrons. The lowest BCUT2D eigenvalue weighted by Gasteiger charge is -2.03. The van der Waals surface area contributed by atoms with E-state index in [1.54, 1.807) is 0 Å². The van der Waals surface area contributed by atoms with E-state index in [4.69, 9.17) is 0 Å². The molecular weight excluding hydrogens is 184 g/mol. The Bertz CT molecular complexity index is 256. The van der Waals surface area contributed by atoms with Gasteiger partial charge in [0.15, 0.2) is 0 Å². The molecule has 0 aliphatic rings. The first-order valence-electron chi connectivity index (χ1n) is 5.65. The second kappa shape index (κ2) is 8.18. The lowest BCUT2D eigenvalue weighted by atomic mass is 10.2. The number of nitrogens with one attached hydrogen (secondary N) is 1.